The van der Waals surface area contributed by atoms with E-state index in [1.165, 1.54) is 4.31 Å². The van der Waals surface area contributed by atoms with Gasteiger partial charge < -0.3 is 4.74 Å². The first-order valence-electron chi connectivity index (χ1n) is 7.88. The summed E-state index contributed by atoms with van der Waals surface area (Å²) >= 11 is 0. The van der Waals surface area contributed by atoms with Crippen molar-refractivity contribution in [1.29, 1.82) is 0 Å². The molecular weight excluding hydrogens is 348 g/mol. The average Bonchev–Trinajstić information content (AvgIpc) is 2.93. The third-order valence-electron chi connectivity index (χ3n) is 4.07. The van der Waals surface area contributed by atoms with Crippen LogP contribution in [0.5, 0.6) is 11.5 Å². The lowest BCUT2D eigenvalue weighted by Gasteiger charge is -2.18. The predicted octanol–water partition coefficient (Wildman–Crippen LogP) is 3.56. The molecule has 2 heterocycles. The second-order valence-corrected chi connectivity index (χ2v) is 7.60. The number of fused-ring (bicyclic) bond motifs is 1. The maximum absolute atomic E-state index is 12.9. The molecule has 3 aromatic rings. The summed E-state index contributed by atoms with van der Waals surface area (Å²) in [4.78, 5) is 4.32. The lowest BCUT2D eigenvalue weighted by molar-refractivity contribution is 0.480. The zero-order chi connectivity index (χ0) is 18.1. The third-order valence-corrected chi connectivity index (χ3v) is 5.94. The van der Waals surface area contributed by atoms with Crippen LogP contribution in [0.3, 0.4) is 0 Å². The highest BCUT2D eigenvalue weighted by atomic mass is 32.2. The van der Waals surface area contributed by atoms with Crippen molar-refractivity contribution in [3.63, 3.8) is 0 Å². The first-order valence-corrected chi connectivity index (χ1v) is 9.32. The fourth-order valence-electron chi connectivity index (χ4n) is 2.89. The molecule has 0 saturated heterocycles. The lowest BCUT2D eigenvalue weighted by Crippen LogP contribution is -2.23. The van der Waals surface area contributed by atoms with E-state index in [-0.39, 0.29) is 6.54 Å². The van der Waals surface area contributed by atoms with Gasteiger partial charge in [0.2, 0.25) is 0 Å². The summed E-state index contributed by atoms with van der Waals surface area (Å²) in [5.74, 6) is 3.54. The number of sulfonamides is 1. The van der Waals surface area contributed by atoms with Crippen LogP contribution in [0.15, 0.2) is 71.9 Å². The van der Waals surface area contributed by atoms with Crippen molar-refractivity contribution in [2.45, 2.75) is 11.4 Å². The van der Waals surface area contributed by atoms with Gasteiger partial charge in [-0.15, -0.1) is 6.42 Å². The molecule has 1 aliphatic rings. The molecule has 2 aromatic carbocycles. The molecule has 4 rings (SSSR count). The molecular formula is C20H14N2O3S. The molecule has 128 valence electrons. The molecule has 1 aromatic heterocycles. The van der Waals surface area contributed by atoms with Gasteiger partial charge in [0, 0.05) is 17.8 Å². The van der Waals surface area contributed by atoms with Gasteiger partial charge in [0.25, 0.3) is 10.0 Å². The van der Waals surface area contributed by atoms with E-state index in [2.05, 4.69) is 10.9 Å². The molecule has 6 heteroatoms. The normalized spacial score (nSPS) is 14.5. The van der Waals surface area contributed by atoms with E-state index in [9.17, 15) is 8.42 Å². The Hall–Kier alpha value is -3.30. The van der Waals surface area contributed by atoms with Crippen LogP contribution in [0, 0.1) is 12.3 Å². The fraction of sp³-hybridized carbons (Fsp3) is 0.0500. The Morgan fingerprint density at radius 2 is 1.92 bits per heavy atom. The van der Waals surface area contributed by atoms with Crippen LogP contribution < -0.4 is 9.04 Å². The molecule has 0 unspecified atom stereocenters. The first-order chi connectivity index (χ1) is 12.6. The summed E-state index contributed by atoms with van der Waals surface area (Å²) in [6.45, 7) is 0.263. The van der Waals surface area contributed by atoms with Crippen molar-refractivity contribution in [3.05, 3.63) is 78.1 Å². The standard InChI is InChI=1S/C20H14N2O3S/c1-2-15-10-17(12-19(11-15)25-18-7-5-9-21-13-18)22-14-16-6-3-4-8-20(16)26(22,23)24/h1,3-13H,14H2. The molecule has 0 radical (unpaired) electrons. The van der Waals surface area contributed by atoms with Crippen molar-refractivity contribution >= 4 is 15.7 Å². The van der Waals surface area contributed by atoms with Gasteiger partial charge in [0.05, 0.1) is 23.3 Å². The SMILES string of the molecule is C#Cc1cc(Oc2cccnc2)cc(N2Cc3ccccc3S2(=O)=O)c1. The predicted molar refractivity (Wildman–Crippen MR) is 98.5 cm³/mol. The largest absolute Gasteiger partial charge is 0.456 e. The molecule has 1 aliphatic heterocycles. The maximum atomic E-state index is 12.9. The molecule has 0 saturated carbocycles. The van der Waals surface area contributed by atoms with E-state index in [1.807, 2.05) is 12.1 Å². The van der Waals surface area contributed by atoms with E-state index in [1.54, 1.807) is 54.9 Å². The van der Waals surface area contributed by atoms with Crippen LogP contribution in [0.2, 0.25) is 0 Å². The third kappa shape index (κ3) is 2.79. The van der Waals surface area contributed by atoms with E-state index in [4.69, 9.17) is 11.2 Å². The molecule has 0 aliphatic carbocycles. The molecule has 0 atom stereocenters. The van der Waals surface area contributed by atoms with E-state index < -0.39 is 10.0 Å². The molecule has 5 nitrogen and oxygen atoms in total. The van der Waals surface area contributed by atoms with Crippen LogP contribution >= 0.6 is 0 Å². The molecule has 0 fully saturated rings. The summed E-state index contributed by atoms with van der Waals surface area (Å²) in [6.07, 6.45) is 8.76. The van der Waals surface area contributed by atoms with Crippen LogP contribution in [0.25, 0.3) is 0 Å². The Morgan fingerprint density at radius 1 is 1.08 bits per heavy atom. The zero-order valence-corrected chi connectivity index (χ0v) is 14.5. The number of nitrogens with zero attached hydrogens (tertiary/aromatic N) is 2. The van der Waals surface area contributed by atoms with Gasteiger partial charge in [-0.3, -0.25) is 9.29 Å². The maximum Gasteiger partial charge on any atom is 0.264 e. The Balaban J connectivity index is 1.76. The van der Waals surface area contributed by atoms with Crippen molar-refractivity contribution in [2.24, 2.45) is 0 Å². The van der Waals surface area contributed by atoms with Gasteiger partial charge in [-0.2, -0.15) is 0 Å². The highest BCUT2D eigenvalue weighted by molar-refractivity contribution is 7.93. The Bertz CT molecular complexity index is 1120. The number of rotatable bonds is 3. The van der Waals surface area contributed by atoms with Gasteiger partial charge >= 0.3 is 0 Å². The lowest BCUT2D eigenvalue weighted by atomic mass is 10.1. The van der Waals surface area contributed by atoms with E-state index >= 15 is 0 Å². The molecule has 0 bridgehead atoms. The molecule has 0 amide bonds. The highest BCUT2D eigenvalue weighted by Gasteiger charge is 2.34. The smallest absolute Gasteiger partial charge is 0.264 e. The molecule has 0 spiro atoms. The van der Waals surface area contributed by atoms with Crippen molar-refractivity contribution in [3.8, 4) is 23.8 Å². The second kappa shape index (κ2) is 6.21. The van der Waals surface area contributed by atoms with E-state index in [0.717, 1.165) is 5.56 Å². The number of ether oxygens (including phenoxy) is 1. The van der Waals surface area contributed by atoms with Crippen molar-refractivity contribution in [1.82, 2.24) is 4.98 Å². The topological polar surface area (TPSA) is 59.5 Å². The quantitative estimate of drug-likeness (QED) is 0.669. The van der Waals surface area contributed by atoms with Gasteiger partial charge in [-0.05, 0) is 35.9 Å². The minimum absolute atomic E-state index is 0.263. The number of aromatic nitrogens is 1. The Labute approximate surface area is 151 Å². The van der Waals surface area contributed by atoms with Crippen molar-refractivity contribution in [2.75, 3.05) is 4.31 Å². The van der Waals surface area contributed by atoms with Gasteiger partial charge in [-0.1, -0.05) is 24.1 Å². The summed E-state index contributed by atoms with van der Waals surface area (Å²) in [6, 6.07) is 15.5. The van der Waals surface area contributed by atoms with Crippen LogP contribution in [-0.4, -0.2) is 13.4 Å². The molecule has 0 N–H and O–H groups in total. The minimum atomic E-state index is -3.62. The summed E-state index contributed by atoms with van der Waals surface area (Å²) in [5.41, 5.74) is 1.76. The monoisotopic (exact) mass is 362 g/mol. The van der Waals surface area contributed by atoms with E-state index in [0.29, 0.717) is 27.6 Å². The first kappa shape index (κ1) is 16.2. The number of anilines is 1. The average molecular weight is 362 g/mol. The van der Waals surface area contributed by atoms with Gasteiger partial charge in [-0.25, -0.2) is 8.42 Å². The van der Waals surface area contributed by atoms with Gasteiger partial charge in [0.15, 0.2) is 0 Å². The second-order valence-electron chi connectivity index (χ2n) is 5.77. The highest BCUT2D eigenvalue weighted by Crippen LogP contribution is 2.37. The number of hydrogen-bond acceptors (Lipinski definition) is 4. The summed E-state index contributed by atoms with van der Waals surface area (Å²) in [7, 11) is -3.62. The van der Waals surface area contributed by atoms with Gasteiger partial charge in [0.1, 0.15) is 11.5 Å². The minimum Gasteiger partial charge on any atom is -0.456 e. The number of hydrogen-bond donors (Lipinski definition) is 0. The van der Waals surface area contributed by atoms with Crippen molar-refractivity contribution < 1.29 is 13.2 Å². The fourth-order valence-corrected chi connectivity index (χ4v) is 4.53. The number of pyridine rings is 1. The number of benzene rings is 2. The summed E-state index contributed by atoms with van der Waals surface area (Å²) < 4.78 is 32.9. The van der Waals surface area contributed by atoms with Crippen LogP contribution in [0.4, 0.5) is 5.69 Å². The Morgan fingerprint density at radius 3 is 2.65 bits per heavy atom. The summed E-state index contributed by atoms with van der Waals surface area (Å²) in [5, 5.41) is 0. The Kier molecular flexibility index (Phi) is 3.86. The van der Waals surface area contributed by atoms with Crippen LogP contribution in [-0.2, 0) is 16.6 Å². The molecule has 26 heavy (non-hydrogen) atoms. The number of terminal acetylenes is 1. The zero-order valence-electron chi connectivity index (χ0n) is 13.7. The van der Waals surface area contributed by atoms with Crippen LogP contribution in [0.1, 0.15) is 11.1 Å².